The first kappa shape index (κ1) is 9.83. The van der Waals surface area contributed by atoms with Crippen LogP contribution in [0.1, 0.15) is 29.9 Å². The number of amidine groups is 1. The van der Waals surface area contributed by atoms with Crippen LogP contribution < -0.4 is 5.73 Å². The highest BCUT2D eigenvalue weighted by Gasteiger charge is 2.25. The summed E-state index contributed by atoms with van der Waals surface area (Å²) in [4.78, 5) is 0. The van der Waals surface area contributed by atoms with Crippen LogP contribution in [0.4, 0.5) is 0 Å². The lowest BCUT2D eigenvalue weighted by molar-refractivity contribution is 0.395. The van der Waals surface area contributed by atoms with Crippen molar-refractivity contribution < 1.29 is 10.2 Å². The quantitative estimate of drug-likeness (QED) is 0.318. The van der Waals surface area contributed by atoms with Gasteiger partial charge in [-0.25, -0.2) is 0 Å². The molecule has 0 heterocycles. The molecule has 0 aromatic heterocycles. The third-order valence-corrected chi connectivity index (χ3v) is 2.97. The van der Waals surface area contributed by atoms with E-state index in [0.717, 1.165) is 30.4 Å². The standard InChI is InChI=1S/C11H14N2O2/c12-11(13)8-3-1-2-7-6(8)4-5-9(14)10(7)15/h4-5,8,14-15H,1-3H2,(H3,12,13)/t8-/m0/s1. The van der Waals surface area contributed by atoms with E-state index in [9.17, 15) is 10.2 Å². The maximum Gasteiger partial charge on any atom is 0.160 e. The first-order valence-corrected chi connectivity index (χ1v) is 4.99. The second-order valence-electron chi connectivity index (χ2n) is 3.90. The normalized spacial score (nSPS) is 19.6. The van der Waals surface area contributed by atoms with Crippen LogP contribution in [0, 0.1) is 5.41 Å². The van der Waals surface area contributed by atoms with E-state index in [-0.39, 0.29) is 23.3 Å². The molecule has 0 unspecified atom stereocenters. The van der Waals surface area contributed by atoms with Gasteiger partial charge < -0.3 is 15.9 Å². The average Bonchev–Trinajstić information content (AvgIpc) is 2.23. The molecule has 1 aliphatic carbocycles. The largest absolute Gasteiger partial charge is 0.504 e. The van der Waals surface area contributed by atoms with Crippen molar-refractivity contribution in [2.24, 2.45) is 5.73 Å². The van der Waals surface area contributed by atoms with Crippen molar-refractivity contribution in [3.05, 3.63) is 23.3 Å². The second-order valence-corrected chi connectivity index (χ2v) is 3.90. The highest BCUT2D eigenvalue weighted by molar-refractivity contribution is 5.85. The van der Waals surface area contributed by atoms with Gasteiger partial charge in [-0.1, -0.05) is 6.07 Å². The van der Waals surface area contributed by atoms with E-state index in [4.69, 9.17) is 11.1 Å². The maximum absolute atomic E-state index is 9.68. The Bertz CT molecular complexity index is 415. The van der Waals surface area contributed by atoms with Gasteiger partial charge in [0, 0.05) is 11.5 Å². The lowest BCUT2D eigenvalue weighted by atomic mass is 9.81. The van der Waals surface area contributed by atoms with E-state index in [0.29, 0.717) is 0 Å². The minimum Gasteiger partial charge on any atom is -0.504 e. The van der Waals surface area contributed by atoms with Gasteiger partial charge in [0.05, 0.1) is 5.84 Å². The highest BCUT2D eigenvalue weighted by atomic mass is 16.3. The monoisotopic (exact) mass is 206 g/mol. The summed E-state index contributed by atoms with van der Waals surface area (Å²) in [6, 6.07) is 3.20. The van der Waals surface area contributed by atoms with Gasteiger partial charge >= 0.3 is 0 Å². The first-order chi connectivity index (χ1) is 7.11. The summed E-state index contributed by atoms with van der Waals surface area (Å²) >= 11 is 0. The minimum atomic E-state index is -0.111. The molecule has 1 atom stereocenters. The zero-order chi connectivity index (χ0) is 11.0. The Hall–Kier alpha value is -1.71. The molecule has 4 nitrogen and oxygen atoms in total. The molecule has 0 aliphatic heterocycles. The van der Waals surface area contributed by atoms with Crippen molar-refractivity contribution in [2.45, 2.75) is 25.2 Å². The van der Waals surface area contributed by atoms with Crippen LogP contribution in [-0.2, 0) is 6.42 Å². The predicted octanol–water partition coefficient (Wildman–Crippen LogP) is 1.45. The minimum absolute atomic E-state index is 0.0570. The van der Waals surface area contributed by atoms with Crippen molar-refractivity contribution in [1.29, 1.82) is 5.41 Å². The van der Waals surface area contributed by atoms with Crippen molar-refractivity contribution in [3.63, 3.8) is 0 Å². The Kier molecular flexibility index (Phi) is 2.26. The molecular weight excluding hydrogens is 192 g/mol. The second kappa shape index (κ2) is 3.46. The lowest BCUT2D eigenvalue weighted by Crippen LogP contribution is -2.24. The van der Waals surface area contributed by atoms with E-state index < -0.39 is 0 Å². The van der Waals surface area contributed by atoms with Crippen LogP contribution in [0.15, 0.2) is 12.1 Å². The number of nitrogens with two attached hydrogens (primary N) is 1. The smallest absolute Gasteiger partial charge is 0.160 e. The maximum atomic E-state index is 9.68. The van der Waals surface area contributed by atoms with E-state index in [2.05, 4.69) is 0 Å². The fourth-order valence-corrected chi connectivity index (χ4v) is 2.19. The molecule has 2 rings (SSSR count). The molecule has 0 saturated carbocycles. The molecule has 5 N–H and O–H groups in total. The molecule has 0 bridgehead atoms. The molecule has 1 aliphatic rings. The summed E-state index contributed by atoms with van der Waals surface area (Å²) in [7, 11) is 0. The van der Waals surface area contributed by atoms with E-state index in [1.807, 2.05) is 0 Å². The Morgan fingerprint density at radius 2 is 2.13 bits per heavy atom. The summed E-state index contributed by atoms with van der Waals surface area (Å²) in [6.07, 6.45) is 2.46. The Balaban J connectivity index is 2.54. The van der Waals surface area contributed by atoms with Crippen molar-refractivity contribution in [1.82, 2.24) is 0 Å². The van der Waals surface area contributed by atoms with Crippen LogP contribution in [0.5, 0.6) is 11.5 Å². The van der Waals surface area contributed by atoms with Gasteiger partial charge in [0.25, 0.3) is 0 Å². The highest BCUT2D eigenvalue weighted by Crippen LogP contribution is 2.40. The van der Waals surface area contributed by atoms with Crippen molar-refractivity contribution in [3.8, 4) is 11.5 Å². The van der Waals surface area contributed by atoms with Crippen molar-refractivity contribution in [2.75, 3.05) is 0 Å². The summed E-state index contributed by atoms with van der Waals surface area (Å²) in [5, 5.41) is 26.5. The zero-order valence-corrected chi connectivity index (χ0v) is 8.33. The van der Waals surface area contributed by atoms with Crippen LogP contribution in [0.2, 0.25) is 0 Å². The number of nitrogens with one attached hydrogen (secondary N) is 1. The Morgan fingerprint density at radius 3 is 2.80 bits per heavy atom. The van der Waals surface area contributed by atoms with Gasteiger partial charge in [0.15, 0.2) is 11.5 Å². The number of aromatic hydroxyl groups is 2. The van der Waals surface area contributed by atoms with Gasteiger partial charge in [-0.15, -0.1) is 0 Å². The molecule has 15 heavy (non-hydrogen) atoms. The van der Waals surface area contributed by atoms with Crippen molar-refractivity contribution >= 4 is 5.84 Å². The molecule has 1 aromatic carbocycles. The van der Waals surface area contributed by atoms with Gasteiger partial charge in [-0.3, -0.25) is 5.41 Å². The van der Waals surface area contributed by atoms with Crippen LogP contribution in [0.3, 0.4) is 0 Å². The molecular formula is C11H14N2O2. The molecule has 80 valence electrons. The Labute approximate surface area is 87.9 Å². The molecule has 1 aromatic rings. The molecule has 0 amide bonds. The number of phenolic OH excluding ortho intramolecular Hbond substituents is 2. The predicted molar refractivity (Wildman–Crippen MR) is 57.4 cm³/mol. The summed E-state index contributed by atoms with van der Waals surface area (Å²) in [5.74, 6) is -0.141. The third-order valence-electron chi connectivity index (χ3n) is 2.97. The van der Waals surface area contributed by atoms with Crippen LogP contribution in [0.25, 0.3) is 0 Å². The zero-order valence-electron chi connectivity index (χ0n) is 8.33. The number of phenols is 2. The average molecular weight is 206 g/mol. The lowest BCUT2D eigenvalue weighted by Gasteiger charge is -2.25. The van der Waals surface area contributed by atoms with Crippen LogP contribution >= 0.6 is 0 Å². The molecule has 4 heteroatoms. The summed E-state index contributed by atoms with van der Waals surface area (Å²) in [6.45, 7) is 0. The topological polar surface area (TPSA) is 90.3 Å². The SMILES string of the molecule is N=C(N)[C@H]1CCCc2c1ccc(O)c2O. The molecule has 0 saturated heterocycles. The fraction of sp³-hybridized carbons (Fsp3) is 0.364. The number of benzene rings is 1. The van der Waals surface area contributed by atoms with Crippen LogP contribution in [-0.4, -0.2) is 16.0 Å². The van der Waals surface area contributed by atoms with Gasteiger partial charge in [0.2, 0.25) is 0 Å². The number of hydrogen-bond donors (Lipinski definition) is 4. The summed E-state index contributed by atoms with van der Waals surface area (Å²) in [5.41, 5.74) is 7.13. The van der Waals surface area contributed by atoms with Gasteiger partial charge in [0.1, 0.15) is 0 Å². The molecule has 0 fully saturated rings. The third kappa shape index (κ3) is 1.52. The van der Waals surface area contributed by atoms with Gasteiger partial charge in [-0.2, -0.15) is 0 Å². The molecule has 0 radical (unpaired) electrons. The van der Waals surface area contributed by atoms with E-state index >= 15 is 0 Å². The first-order valence-electron chi connectivity index (χ1n) is 4.99. The molecule has 0 spiro atoms. The van der Waals surface area contributed by atoms with E-state index in [1.165, 1.54) is 6.07 Å². The number of hydrogen-bond acceptors (Lipinski definition) is 3. The number of rotatable bonds is 1. The van der Waals surface area contributed by atoms with Gasteiger partial charge in [-0.05, 0) is 30.9 Å². The van der Waals surface area contributed by atoms with E-state index in [1.54, 1.807) is 6.07 Å². The summed E-state index contributed by atoms with van der Waals surface area (Å²) < 4.78 is 0. The number of fused-ring (bicyclic) bond motifs is 1. The fourth-order valence-electron chi connectivity index (χ4n) is 2.19. The Morgan fingerprint density at radius 1 is 1.40 bits per heavy atom.